The van der Waals surface area contributed by atoms with E-state index in [1.807, 2.05) is 60.7 Å². The molecule has 1 aliphatic rings. The highest BCUT2D eigenvalue weighted by molar-refractivity contribution is 5.94. The van der Waals surface area contributed by atoms with Gasteiger partial charge in [0.05, 0.1) is 6.26 Å². The van der Waals surface area contributed by atoms with E-state index in [-0.39, 0.29) is 18.4 Å². The van der Waals surface area contributed by atoms with Crippen LogP contribution in [0.5, 0.6) is 5.75 Å². The molecule has 3 heterocycles. The smallest absolute Gasteiger partial charge is 0.289 e. The third-order valence-corrected chi connectivity index (χ3v) is 6.16. The van der Waals surface area contributed by atoms with E-state index in [4.69, 9.17) is 14.1 Å². The number of furan rings is 1. The fourth-order valence-electron chi connectivity index (χ4n) is 4.13. The van der Waals surface area contributed by atoms with Crippen LogP contribution in [0.3, 0.4) is 0 Å². The molecular weight excluding hydrogens is 444 g/mol. The molecule has 1 fully saturated rings. The second-order valence-electron chi connectivity index (χ2n) is 8.33. The molecule has 0 spiro atoms. The summed E-state index contributed by atoms with van der Waals surface area (Å²) in [5, 5.41) is 0.932. The summed E-state index contributed by atoms with van der Waals surface area (Å²) < 4.78 is 11.2. The normalized spacial score (nSPS) is 13.6. The first-order chi connectivity index (χ1) is 17.1. The van der Waals surface area contributed by atoms with Gasteiger partial charge in [0.1, 0.15) is 17.1 Å². The fraction of sp³-hybridized carbons (Fsp3) is 0.222. The summed E-state index contributed by atoms with van der Waals surface area (Å²) >= 11 is 0. The second kappa shape index (κ2) is 9.89. The van der Waals surface area contributed by atoms with Crippen molar-refractivity contribution in [1.29, 1.82) is 0 Å². The van der Waals surface area contributed by atoms with E-state index in [1.165, 1.54) is 6.26 Å². The van der Waals surface area contributed by atoms with Gasteiger partial charge < -0.3 is 23.9 Å². The monoisotopic (exact) mass is 470 g/mol. The molecule has 0 unspecified atom stereocenters. The Bertz CT molecular complexity index is 1320. The summed E-state index contributed by atoms with van der Waals surface area (Å²) in [4.78, 5) is 35.6. The molecule has 0 saturated carbocycles. The number of benzene rings is 2. The number of hydrogen-bond donors (Lipinski definition) is 0. The number of piperazine rings is 1. The third-order valence-electron chi connectivity index (χ3n) is 6.16. The lowest BCUT2D eigenvalue weighted by Gasteiger charge is -2.35. The molecule has 2 amide bonds. The molecule has 1 aliphatic heterocycles. The summed E-state index contributed by atoms with van der Waals surface area (Å²) in [6, 6.07) is 22.5. The van der Waals surface area contributed by atoms with Gasteiger partial charge in [0, 0.05) is 44.3 Å². The molecule has 0 N–H and O–H groups in total. The van der Waals surface area contributed by atoms with Crippen LogP contribution in [0.25, 0.3) is 10.9 Å². The third kappa shape index (κ3) is 4.82. The first kappa shape index (κ1) is 22.5. The van der Waals surface area contributed by atoms with Gasteiger partial charge in [-0.2, -0.15) is 0 Å². The molecule has 0 atom stereocenters. The zero-order chi connectivity index (χ0) is 24.2. The number of carbonyl (C=O) groups is 2. The van der Waals surface area contributed by atoms with E-state index in [9.17, 15) is 9.59 Å². The molecule has 5 rings (SSSR count). The summed E-state index contributed by atoms with van der Waals surface area (Å²) in [6.07, 6.45) is 1.51. The number of anilines is 2. The van der Waals surface area contributed by atoms with Crippen LogP contribution in [0, 0.1) is 0 Å². The summed E-state index contributed by atoms with van der Waals surface area (Å²) in [6.45, 7) is 2.39. The van der Waals surface area contributed by atoms with Gasteiger partial charge in [0.2, 0.25) is 0 Å². The minimum atomic E-state index is -0.151. The highest BCUT2D eigenvalue weighted by Crippen LogP contribution is 2.27. The molecule has 35 heavy (non-hydrogen) atoms. The Morgan fingerprint density at radius 2 is 1.74 bits per heavy atom. The average Bonchev–Trinajstić information content (AvgIpc) is 3.46. The van der Waals surface area contributed by atoms with Crippen LogP contribution in [0.2, 0.25) is 0 Å². The van der Waals surface area contributed by atoms with Crippen molar-refractivity contribution in [3.8, 4) is 5.75 Å². The second-order valence-corrected chi connectivity index (χ2v) is 8.33. The minimum absolute atomic E-state index is 0.0933. The molecule has 8 heteroatoms. The molecule has 4 aromatic rings. The van der Waals surface area contributed by atoms with E-state index in [2.05, 4.69) is 4.90 Å². The number of aromatic nitrogens is 1. The Morgan fingerprint density at radius 3 is 2.49 bits per heavy atom. The number of likely N-dealkylation sites (N-methyl/N-ethyl adjacent to an activating group) is 1. The summed E-state index contributed by atoms with van der Waals surface area (Å²) in [5.41, 5.74) is 1.51. The fourth-order valence-corrected chi connectivity index (χ4v) is 4.13. The molecule has 0 aliphatic carbocycles. The molecule has 8 nitrogen and oxygen atoms in total. The van der Waals surface area contributed by atoms with Crippen molar-refractivity contribution in [3.63, 3.8) is 0 Å². The summed E-state index contributed by atoms with van der Waals surface area (Å²) in [5.74, 6) is 1.48. The van der Waals surface area contributed by atoms with Crippen molar-refractivity contribution in [2.75, 3.05) is 49.6 Å². The number of fused-ring (bicyclic) bond motifs is 1. The quantitative estimate of drug-likeness (QED) is 0.426. The van der Waals surface area contributed by atoms with Gasteiger partial charge in [0.15, 0.2) is 12.4 Å². The first-order valence-electron chi connectivity index (χ1n) is 11.5. The minimum Gasteiger partial charge on any atom is -0.481 e. The van der Waals surface area contributed by atoms with Crippen molar-refractivity contribution in [2.45, 2.75) is 0 Å². The van der Waals surface area contributed by atoms with Crippen LogP contribution in [-0.4, -0.2) is 61.5 Å². The largest absolute Gasteiger partial charge is 0.481 e. The van der Waals surface area contributed by atoms with E-state index in [1.54, 1.807) is 29.0 Å². The van der Waals surface area contributed by atoms with Crippen LogP contribution < -0.4 is 14.5 Å². The number of amides is 2. The Kier molecular flexibility index (Phi) is 6.34. The van der Waals surface area contributed by atoms with Crippen LogP contribution >= 0.6 is 0 Å². The Labute approximate surface area is 203 Å². The highest BCUT2D eigenvalue weighted by atomic mass is 16.5. The van der Waals surface area contributed by atoms with Gasteiger partial charge >= 0.3 is 0 Å². The van der Waals surface area contributed by atoms with Gasteiger partial charge in [-0.25, -0.2) is 4.98 Å². The zero-order valence-electron chi connectivity index (χ0n) is 19.5. The summed E-state index contributed by atoms with van der Waals surface area (Å²) in [7, 11) is 1.73. The predicted molar refractivity (Wildman–Crippen MR) is 134 cm³/mol. The number of ether oxygens (including phenoxy) is 1. The van der Waals surface area contributed by atoms with Gasteiger partial charge in [-0.3, -0.25) is 9.59 Å². The van der Waals surface area contributed by atoms with Gasteiger partial charge in [-0.1, -0.05) is 30.3 Å². The van der Waals surface area contributed by atoms with Crippen molar-refractivity contribution >= 4 is 34.2 Å². The molecule has 2 aromatic carbocycles. The Morgan fingerprint density at radius 1 is 0.943 bits per heavy atom. The van der Waals surface area contributed by atoms with Crippen LogP contribution in [0.4, 0.5) is 11.5 Å². The van der Waals surface area contributed by atoms with Crippen LogP contribution in [0.1, 0.15) is 10.6 Å². The van der Waals surface area contributed by atoms with E-state index in [0.717, 1.165) is 16.9 Å². The maximum Gasteiger partial charge on any atom is 0.289 e. The van der Waals surface area contributed by atoms with Crippen molar-refractivity contribution in [3.05, 3.63) is 84.8 Å². The zero-order valence-corrected chi connectivity index (χ0v) is 19.5. The molecule has 0 radical (unpaired) electrons. The molecule has 2 aromatic heterocycles. The number of para-hydroxylation sites is 2. The molecular formula is C27H26N4O4. The lowest BCUT2D eigenvalue weighted by Crippen LogP contribution is -2.49. The SMILES string of the molecule is CN(C(=O)COc1cccc2ccc(N3CCN(C(=O)c4ccco4)CC3)nc12)c1ccccc1. The standard InChI is InChI=1S/C27H26N4O4/c1-29(21-8-3-2-4-9-21)25(32)19-35-22-10-5-7-20-12-13-24(28-26(20)22)30-14-16-31(17-15-30)27(33)23-11-6-18-34-23/h2-13,18H,14-17,19H2,1H3. The number of rotatable bonds is 6. The van der Waals surface area contributed by atoms with Gasteiger partial charge in [-0.05, 0) is 42.5 Å². The highest BCUT2D eigenvalue weighted by Gasteiger charge is 2.24. The lowest BCUT2D eigenvalue weighted by atomic mass is 10.2. The molecule has 1 saturated heterocycles. The molecule has 0 bridgehead atoms. The van der Waals surface area contributed by atoms with Gasteiger partial charge in [-0.15, -0.1) is 0 Å². The van der Waals surface area contributed by atoms with Crippen molar-refractivity contribution in [1.82, 2.24) is 9.88 Å². The van der Waals surface area contributed by atoms with E-state index < -0.39 is 0 Å². The number of pyridine rings is 1. The number of carbonyl (C=O) groups excluding carboxylic acids is 2. The number of hydrogen-bond acceptors (Lipinski definition) is 6. The van der Waals surface area contributed by atoms with E-state index in [0.29, 0.717) is 43.2 Å². The lowest BCUT2D eigenvalue weighted by molar-refractivity contribution is -0.120. The van der Waals surface area contributed by atoms with Gasteiger partial charge in [0.25, 0.3) is 11.8 Å². The van der Waals surface area contributed by atoms with Crippen molar-refractivity contribution < 1.29 is 18.7 Å². The van der Waals surface area contributed by atoms with Crippen LogP contribution in [-0.2, 0) is 4.79 Å². The number of nitrogens with zero attached hydrogens (tertiary/aromatic N) is 4. The predicted octanol–water partition coefficient (Wildman–Crippen LogP) is 3.83. The van der Waals surface area contributed by atoms with E-state index >= 15 is 0 Å². The maximum absolute atomic E-state index is 12.7. The maximum atomic E-state index is 12.7. The van der Waals surface area contributed by atoms with Crippen LogP contribution in [0.15, 0.2) is 83.5 Å². The Hall–Kier alpha value is -4.33. The first-order valence-corrected chi connectivity index (χ1v) is 11.5. The average molecular weight is 471 g/mol. The topological polar surface area (TPSA) is 79.1 Å². The molecule has 178 valence electrons. The van der Waals surface area contributed by atoms with Crippen molar-refractivity contribution in [2.24, 2.45) is 0 Å². The Balaban J connectivity index is 1.27.